The Kier molecular flexibility index (Phi) is 6.55. The molecule has 4 nitrogen and oxygen atoms in total. The smallest absolute Gasteiger partial charge is 0.341 e. The van der Waals surface area contributed by atoms with E-state index in [1.165, 1.54) is 11.3 Å². The van der Waals surface area contributed by atoms with Crippen molar-refractivity contribution < 1.29 is 14.3 Å². The second-order valence-corrected chi connectivity index (χ2v) is 6.45. The molecule has 0 saturated carbocycles. The number of ether oxygens (including phenoxy) is 1. The quantitative estimate of drug-likeness (QED) is 0.727. The molecule has 0 spiro atoms. The van der Waals surface area contributed by atoms with E-state index in [4.69, 9.17) is 4.74 Å². The second kappa shape index (κ2) is 8.64. The summed E-state index contributed by atoms with van der Waals surface area (Å²) >= 11 is 1.46. The van der Waals surface area contributed by atoms with Gasteiger partial charge in [-0.25, -0.2) is 4.79 Å². The molecule has 1 aromatic heterocycles. The van der Waals surface area contributed by atoms with E-state index in [9.17, 15) is 9.59 Å². The molecule has 0 fully saturated rings. The first-order valence-electron chi connectivity index (χ1n) is 8.30. The van der Waals surface area contributed by atoms with E-state index in [0.29, 0.717) is 23.6 Å². The number of benzene rings is 1. The van der Waals surface area contributed by atoms with Crippen LogP contribution >= 0.6 is 11.3 Å². The minimum Gasteiger partial charge on any atom is -0.462 e. The van der Waals surface area contributed by atoms with Crippen molar-refractivity contribution in [2.24, 2.45) is 0 Å². The first-order chi connectivity index (χ1) is 11.6. The minimum absolute atomic E-state index is 0.0773. The summed E-state index contributed by atoms with van der Waals surface area (Å²) in [5.41, 5.74) is 2.30. The van der Waals surface area contributed by atoms with Gasteiger partial charge in [0.1, 0.15) is 10.6 Å². The maximum atomic E-state index is 12.6. The van der Waals surface area contributed by atoms with Crippen molar-refractivity contribution in [1.29, 1.82) is 0 Å². The summed E-state index contributed by atoms with van der Waals surface area (Å²) in [4.78, 5) is 25.7. The molecule has 24 heavy (non-hydrogen) atoms. The van der Waals surface area contributed by atoms with Crippen LogP contribution < -0.4 is 5.32 Å². The lowest BCUT2D eigenvalue weighted by Crippen LogP contribution is -2.14. The van der Waals surface area contributed by atoms with Crippen LogP contribution in [0.3, 0.4) is 0 Å². The summed E-state index contributed by atoms with van der Waals surface area (Å²) in [6.45, 7) is 6.08. The van der Waals surface area contributed by atoms with Gasteiger partial charge in [-0.1, -0.05) is 44.2 Å². The largest absolute Gasteiger partial charge is 0.462 e. The molecule has 1 aromatic carbocycles. The molecule has 0 atom stereocenters. The highest BCUT2D eigenvalue weighted by atomic mass is 32.1. The lowest BCUT2D eigenvalue weighted by Gasteiger charge is -2.09. The van der Waals surface area contributed by atoms with Crippen molar-refractivity contribution in [3.63, 3.8) is 0 Å². The highest BCUT2D eigenvalue weighted by Gasteiger charge is 2.26. The van der Waals surface area contributed by atoms with Crippen molar-refractivity contribution in [1.82, 2.24) is 0 Å². The average molecular weight is 345 g/mol. The summed E-state index contributed by atoms with van der Waals surface area (Å²) < 4.78 is 5.25. The molecular weight excluding hydrogens is 322 g/mol. The fraction of sp³-hybridized carbons (Fsp3) is 0.368. The number of thiophene rings is 1. The highest BCUT2D eigenvalue weighted by molar-refractivity contribution is 7.17. The number of rotatable bonds is 7. The number of amides is 1. The minimum atomic E-state index is -0.390. The maximum absolute atomic E-state index is 12.6. The number of carbonyl (C=O) groups is 2. The van der Waals surface area contributed by atoms with E-state index < -0.39 is 0 Å². The third-order valence-electron chi connectivity index (χ3n) is 3.57. The van der Waals surface area contributed by atoms with Gasteiger partial charge >= 0.3 is 5.97 Å². The second-order valence-electron chi connectivity index (χ2n) is 5.34. The lowest BCUT2D eigenvalue weighted by molar-refractivity contribution is -0.116. The van der Waals surface area contributed by atoms with Crippen LogP contribution in [0.1, 0.15) is 48.8 Å². The Morgan fingerprint density at radius 1 is 1.12 bits per heavy atom. The normalized spacial score (nSPS) is 10.5. The molecule has 1 amide bonds. The summed E-state index contributed by atoms with van der Waals surface area (Å²) in [6.07, 6.45) is 1.98. The Labute approximate surface area is 146 Å². The zero-order valence-corrected chi connectivity index (χ0v) is 15.2. The Balaban J connectivity index is 2.57. The molecular formula is C19H23NO3S. The molecule has 1 N–H and O–H groups in total. The molecule has 1 heterocycles. The molecule has 0 bridgehead atoms. The molecule has 0 saturated heterocycles. The van der Waals surface area contributed by atoms with Crippen LogP contribution in [-0.4, -0.2) is 18.5 Å². The van der Waals surface area contributed by atoms with Gasteiger partial charge in [0.05, 0.1) is 6.61 Å². The van der Waals surface area contributed by atoms with Gasteiger partial charge in [-0.3, -0.25) is 4.79 Å². The van der Waals surface area contributed by atoms with E-state index in [2.05, 4.69) is 5.32 Å². The maximum Gasteiger partial charge on any atom is 0.341 e. The van der Waals surface area contributed by atoms with E-state index in [0.717, 1.165) is 28.8 Å². The Morgan fingerprint density at radius 2 is 1.83 bits per heavy atom. The monoisotopic (exact) mass is 345 g/mol. The topological polar surface area (TPSA) is 55.4 Å². The Morgan fingerprint density at radius 3 is 2.42 bits per heavy atom. The van der Waals surface area contributed by atoms with Gasteiger partial charge in [-0.15, -0.1) is 11.3 Å². The van der Waals surface area contributed by atoms with E-state index >= 15 is 0 Å². The first kappa shape index (κ1) is 18.2. The highest BCUT2D eigenvalue weighted by Crippen LogP contribution is 2.41. The van der Waals surface area contributed by atoms with Crippen molar-refractivity contribution in [2.45, 2.75) is 40.0 Å². The van der Waals surface area contributed by atoms with Gasteiger partial charge < -0.3 is 10.1 Å². The zero-order chi connectivity index (χ0) is 17.5. The number of hydrogen-bond donors (Lipinski definition) is 1. The molecule has 5 heteroatoms. The molecule has 2 rings (SSSR count). The molecule has 2 aromatic rings. The van der Waals surface area contributed by atoms with Gasteiger partial charge in [-0.05, 0) is 25.3 Å². The van der Waals surface area contributed by atoms with Crippen LogP contribution in [-0.2, 0) is 16.0 Å². The van der Waals surface area contributed by atoms with E-state index in [1.807, 2.05) is 44.2 Å². The standard InChI is InChI=1S/C19H23NO3S/c1-4-10-15(21)20-18-17(19(22)23-6-3)16(14(5-2)24-18)13-11-8-7-9-12-13/h7-9,11-12H,4-6,10H2,1-3H3,(H,20,21). The number of hydrogen-bond acceptors (Lipinski definition) is 4. The van der Waals surface area contributed by atoms with Gasteiger partial charge in [0.2, 0.25) is 5.91 Å². The van der Waals surface area contributed by atoms with Crippen LogP contribution in [0.25, 0.3) is 11.1 Å². The predicted octanol–water partition coefficient (Wildman–Crippen LogP) is 4.89. The number of nitrogens with one attached hydrogen (secondary N) is 1. The van der Waals surface area contributed by atoms with E-state index in [-0.39, 0.29) is 11.9 Å². The fourth-order valence-electron chi connectivity index (χ4n) is 2.54. The van der Waals surface area contributed by atoms with Crippen molar-refractivity contribution in [3.8, 4) is 11.1 Å². The first-order valence-corrected chi connectivity index (χ1v) is 9.11. The summed E-state index contributed by atoms with van der Waals surface area (Å²) in [6, 6.07) is 9.77. The summed E-state index contributed by atoms with van der Waals surface area (Å²) in [7, 11) is 0. The van der Waals surface area contributed by atoms with Crippen LogP contribution in [0.4, 0.5) is 5.00 Å². The van der Waals surface area contributed by atoms with Crippen molar-refractivity contribution in [2.75, 3.05) is 11.9 Å². The predicted molar refractivity (Wildman–Crippen MR) is 98.6 cm³/mol. The summed E-state index contributed by atoms with van der Waals surface area (Å²) in [5.74, 6) is -0.467. The van der Waals surface area contributed by atoms with Crippen LogP contribution in [0.15, 0.2) is 30.3 Å². The lowest BCUT2D eigenvalue weighted by atomic mass is 10.00. The van der Waals surface area contributed by atoms with Gasteiger partial charge in [0.25, 0.3) is 0 Å². The van der Waals surface area contributed by atoms with E-state index in [1.54, 1.807) is 6.92 Å². The molecule has 0 aliphatic rings. The van der Waals surface area contributed by atoms with Crippen LogP contribution in [0, 0.1) is 0 Å². The van der Waals surface area contributed by atoms with Gasteiger partial charge in [0.15, 0.2) is 0 Å². The van der Waals surface area contributed by atoms with Crippen LogP contribution in [0.2, 0.25) is 0 Å². The Bertz CT molecular complexity index is 707. The van der Waals surface area contributed by atoms with Crippen LogP contribution in [0.5, 0.6) is 0 Å². The Hall–Kier alpha value is -2.14. The molecule has 0 aliphatic heterocycles. The SMILES string of the molecule is CCCC(=O)Nc1sc(CC)c(-c2ccccc2)c1C(=O)OCC. The molecule has 0 unspecified atom stereocenters. The van der Waals surface area contributed by atoms with Crippen molar-refractivity contribution in [3.05, 3.63) is 40.8 Å². The third kappa shape index (κ3) is 4.03. The number of anilines is 1. The van der Waals surface area contributed by atoms with Gasteiger partial charge in [0, 0.05) is 16.9 Å². The summed E-state index contributed by atoms with van der Waals surface area (Å²) in [5, 5.41) is 3.48. The average Bonchev–Trinajstić information content (AvgIpc) is 2.94. The number of carbonyl (C=O) groups excluding carboxylic acids is 2. The fourth-order valence-corrected chi connectivity index (χ4v) is 3.70. The molecule has 128 valence electrons. The van der Waals surface area contributed by atoms with Crippen molar-refractivity contribution >= 4 is 28.2 Å². The number of aryl methyl sites for hydroxylation is 1. The van der Waals surface area contributed by atoms with Gasteiger partial charge in [-0.2, -0.15) is 0 Å². The third-order valence-corrected chi connectivity index (χ3v) is 4.82. The molecule has 0 aliphatic carbocycles. The zero-order valence-electron chi connectivity index (χ0n) is 14.3. The molecule has 0 radical (unpaired) electrons. The number of esters is 1.